The zero-order valence-corrected chi connectivity index (χ0v) is 26.8. The van der Waals surface area contributed by atoms with Crippen LogP contribution in [0, 0.1) is 0 Å². The Kier molecular flexibility index (Phi) is 8.72. The van der Waals surface area contributed by atoms with E-state index in [0.29, 0.717) is 16.0 Å². The van der Waals surface area contributed by atoms with E-state index in [1.165, 1.54) is 21.5 Å². The monoisotopic (exact) mass is 680 g/mol. The van der Waals surface area contributed by atoms with Crippen molar-refractivity contribution in [1.29, 1.82) is 0 Å². The molecule has 0 saturated carbocycles. The van der Waals surface area contributed by atoms with Gasteiger partial charge in [0.05, 0.1) is 20.7 Å². The van der Waals surface area contributed by atoms with Gasteiger partial charge in [0.15, 0.2) is 5.65 Å². The second kappa shape index (κ2) is 12.3. The van der Waals surface area contributed by atoms with Crippen molar-refractivity contribution >= 4 is 65.3 Å². The Balaban J connectivity index is 1.41. The Morgan fingerprint density at radius 1 is 1.02 bits per heavy atom. The van der Waals surface area contributed by atoms with E-state index in [-0.39, 0.29) is 17.3 Å². The third-order valence-electron chi connectivity index (χ3n) is 6.40. The van der Waals surface area contributed by atoms with E-state index in [9.17, 15) is 18.0 Å². The number of benzene rings is 2. The van der Waals surface area contributed by atoms with Crippen molar-refractivity contribution in [2.75, 3.05) is 11.9 Å². The second-order valence-electron chi connectivity index (χ2n) is 10.6. The Labute approximate surface area is 262 Å². The number of carbonyl (C=O) groups is 2. The first-order valence-corrected chi connectivity index (χ1v) is 16.4. The third-order valence-corrected chi connectivity index (χ3v) is 10.1. The number of hydrogen-bond donors (Lipinski definition) is 2. The van der Waals surface area contributed by atoms with Crippen LogP contribution in [0.15, 0.2) is 101 Å². The highest BCUT2D eigenvalue weighted by Gasteiger charge is 2.25. The lowest BCUT2D eigenvalue weighted by Crippen LogP contribution is -2.37. The van der Waals surface area contributed by atoms with Gasteiger partial charge >= 0.3 is 6.09 Å². The summed E-state index contributed by atoms with van der Waals surface area (Å²) in [7, 11) is -3.85. The quantitative estimate of drug-likeness (QED) is 0.182. The summed E-state index contributed by atoms with van der Waals surface area (Å²) in [6, 6.07) is 22.7. The van der Waals surface area contributed by atoms with E-state index >= 15 is 0 Å². The first kappa shape index (κ1) is 30.5. The molecule has 5 rings (SSSR count). The molecule has 1 atom stereocenters. The predicted molar refractivity (Wildman–Crippen MR) is 172 cm³/mol. The van der Waals surface area contributed by atoms with Crippen LogP contribution in [0.2, 0.25) is 0 Å². The van der Waals surface area contributed by atoms with Crippen molar-refractivity contribution in [3.63, 3.8) is 0 Å². The number of nitrogens with zero attached hydrogens (tertiary/aromatic N) is 2. The number of aromatic nitrogens is 2. The number of amides is 2. The molecule has 12 heteroatoms. The summed E-state index contributed by atoms with van der Waals surface area (Å²) in [5, 5.41) is 6.91. The first-order valence-electron chi connectivity index (χ1n) is 13.3. The van der Waals surface area contributed by atoms with Crippen LogP contribution in [0.3, 0.4) is 0 Å². The van der Waals surface area contributed by atoms with Crippen LogP contribution in [0.5, 0.6) is 0 Å². The summed E-state index contributed by atoms with van der Waals surface area (Å²) in [5.41, 5.74) is 1.13. The van der Waals surface area contributed by atoms with E-state index < -0.39 is 27.6 Å². The van der Waals surface area contributed by atoms with Gasteiger partial charge in [0.1, 0.15) is 5.60 Å². The average Bonchev–Trinajstić information content (AvgIpc) is 3.57. The smallest absolute Gasteiger partial charge is 0.407 e. The SMILES string of the molecule is CC(C)(C)OC(=O)NCC(C(=O)Nc1cc(Br)c(-c2ccnc3c2ccn3S(=O)(=O)c2ccccc2)s1)c1ccccc1. The van der Waals surface area contributed by atoms with Gasteiger partial charge in [0, 0.05) is 34.4 Å². The fraction of sp³-hybridized carbons (Fsp3) is 0.194. The highest BCUT2D eigenvalue weighted by Crippen LogP contribution is 2.42. The number of ether oxygens (including phenoxy) is 1. The molecule has 5 aromatic rings. The second-order valence-corrected chi connectivity index (χ2v) is 14.4. The van der Waals surface area contributed by atoms with Crippen molar-refractivity contribution in [3.8, 4) is 10.4 Å². The van der Waals surface area contributed by atoms with Gasteiger partial charge in [-0.2, -0.15) is 0 Å². The molecule has 0 fully saturated rings. The van der Waals surface area contributed by atoms with Gasteiger partial charge in [-0.05, 0) is 72.6 Å². The van der Waals surface area contributed by atoms with E-state index in [0.717, 1.165) is 20.5 Å². The van der Waals surface area contributed by atoms with Gasteiger partial charge in [-0.1, -0.05) is 48.5 Å². The molecular formula is C31H29BrN4O5S2. The number of nitrogens with one attached hydrogen (secondary N) is 2. The maximum atomic E-state index is 13.5. The molecule has 1 unspecified atom stereocenters. The lowest BCUT2D eigenvalue weighted by molar-refractivity contribution is -0.117. The number of rotatable bonds is 8. The number of halogens is 1. The summed E-state index contributed by atoms with van der Waals surface area (Å²) in [6.45, 7) is 5.36. The highest BCUT2D eigenvalue weighted by atomic mass is 79.9. The van der Waals surface area contributed by atoms with E-state index in [4.69, 9.17) is 4.74 Å². The minimum Gasteiger partial charge on any atom is -0.444 e. The lowest BCUT2D eigenvalue weighted by Gasteiger charge is -2.22. The molecule has 0 spiro atoms. The lowest BCUT2D eigenvalue weighted by atomic mass is 9.98. The molecule has 2 aromatic carbocycles. The van der Waals surface area contributed by atoms with Crippen molar-refractivity contribution < 1.29 is 22.7 Å². The van der Waals surface area contributed by atoms with Gasteiger partial charge in [-0.25, -0.2) is 22.2 Å². The summed E-state index contributed by atoms with van der Waals surface area (Å²) in [5.74, 6) is -0.981. The Morgan fingerprint density at radius 3 is 2.37 bits per heavy atom. The van der Waals surface area contributed by atoms with Crippen LogP contribution in [0.4, 0.5) is 9.80 Å². The molecule has 0 radical (unpaired) electrons. The highest BCUT2D eigenvalue weighted by molar-refractivity contribution is 9.10. The molecule has 222 valence electrons. The van der Waals surface area contributed by atoms with Crippen molar-refractivity contribution in [3.05, 3.63) is 101 Å². The van der Waals surface area contributed by atoms with Gasteiger partial charge in [0.25, 0.3) is 10.0 Å². The number of pyridine rings is 1. The number of fused-ring (bicyclic) bond motifs is 1. The van der Waals surface area contributed by atoms with Crippen LogP contribution >= 0.6 is 27.3 Å². The van der Waals surface area contributed by atoms with Crippen LogP contribution < -0.4 is 10.6 Å². The number of carbonyl (C=O) groups excluding carboxylic acids is 2. The molecule has 3 heterocycles. The Bertz CT molecular complexity index is 1880. The number of alkyl carbamates (subject to hydrolysis) is 1. The fourth-order valence-electron chi connectivity index (χ4n) is 4.48. The molecule has 0 aliphatic carbocycles. The van der Waals surface area contributed by atoms with Gasteiger partial charge < -0.3 is 15.4 Å². The number of thiophene rings is 1. The van der Waals surface area contributed by atoms with Crippen molar-refractivity contribution in [2.24, 2.45) is 0 Å². The summed E-state index contributed by atoms with van der Waals surface area (Å²) < 4.78 is 33.9. The van der Waals surface area contributed by atoms with Crippen molar-refractivity contribution in [1.82, 2.24) is 14.3 Å². The zero-order valence-electron chi connectivity index (χ0n) is 23.6. The van der Waals surface area contributed by atoms with Crippen LogP contribution in [0.1, 0.15) is 32.3 Å². The average molecular weight is 682 g/mol. The maximum Gasteiger partial charge on any atom is 0.407 e. The normalized spacial score (nSPS) is 12.6. The largest absolute Gasteiger partial charge is 0.444 e. The summed E-state index contributed by atoms with van der Waals surface area (Å²) in [4.78, 5) is 31.2. The van der Waals surface area contributed by atoms with Gasteiger partial charge in [-0.3, -0.25) is 4.79 Å². The van der Waals surface area contributed by atoms with E-state index in [1.54, 1.807) is 69.4 Å². The molecule has 9 nitrogen and oxygen atoms in total. The van der Waals surface area contributed by atoms with Crippen LogP contribution in [-0.4, -0.2) is 41.5 Å². The minimum absolute atomic E-state index is 0.0402. The Morgan fingerprint density at radius 2 is 1.70 bits per heavy atom. The molecule has 0 bridgehead atoms. The van der Waals surface area contributed by atoms with Crippen molar-refractivity contribution in [2.45, 2.75) is 37.2 Å². The molecule has 0 saturated heterocycles. The molecule has 3 aromatic heterocycles. The molecular weight excluding hydrogens is 652 g/mol. The number of anilines is 1. The van der Waals surface area contributed by atoms with Gasteiger partial charge in [-0.15, -0.1) is 11.3 Å². The summed E-state index contributed by atoms with van der Waals surface area (Å²) in [6.07, 6.45) is 2.45. The maximum absolute atomic E-state index is 13.5. The standard InChI is InChI=1S/C31H29BrN4O5S2/c1-31(2,3)41-30(38)34-19-24(20-10-6-4-7-11-20)29(37)35-26-18-25(32)27(42-26)22-14-16-33-28-23(22)15-17-36(28)43(39,40)21-12-8-5-9-13-21/h4-18,24H,19H2,1-3H3,(H,34,38)(H,35,37). The number of hydrogen-bond acceptors (Lipinski definition) is 7. The first-order chi connectivity index (χ1) is 20.4. The van der Waals surface area contributed by atoms with Crippen LogP contribution in [-0.2, 0) is 19.6 Å². The van der Waals surface area contributed by atoms with Crippen LogP contribution in [0.25, 0.3) is 21.5 Å². The zero-order chi connectivity index (χ0) is 30.8. The minimum atomic E-state index is -3.85. The molecule has 0 aliphatic rings. The fourth-order valence-corrected chi connectivity index (χ4v) is 7.63. The summed E-state index contributed by atoms with van der Waals surface area (Å²) >= 11 is 4.95. The van der Waals surface area contributed by atoms with Gasteiger partial charge in [0.2, 0.25) is 5.91 Å². The topological polar surface area (TPSA) is 119 Å². The Hall–Kier alpha value is -4.00. The molecule has 43 heavy (non-hydrogen) atoms. The predicted octanol–water partition coefficient (Wildman–Crippen LogP) is 7.01. The molecule has 0 aliphatic heterocycles. The van der Waals surface area contributed by atoms with E-state index in [2.05, 4.69) is 31.5 Å². The van der Waals surface area contributed by atoms with E-state index in [1.807, 2.05) is 36.4 Å². The molecule has 2 N–H and O–H groups in total. The molecule has 2 amide bonds. The third kappa shape index (κ3) is 6.82.